The molecule has 1 unspecified atom stereocenters. The number of hydrogen-bond acceptors (Lipinski definition) is 4. The van der Waals surface area contributed by atoms with Crippen molar-refractivity contribution in [1.82, 2.24) is 9.80 Å². The lowest BCUT2D eigenvalue weighted by Crippen LogP contribution is -2.52. The van der Waals surface area contributed by atoms with E-state index < -0.39 is 11.7 Å². The quantitative estimate of drug-likeness (QED) is 0.915. The Labute approximate surface area is 136 Å². The number of β-amino-alcohol motifs (C(OH)–C–C–N with tert-alkyl or cyclic N) is 1. The van der Waals surface area contributed by atoms with Gasteiger partial charge in [0.05, 0.1) is 18.6 Å². The predicted molar refractivity (Wildman–Crippen MR) is 85.7 cm³/mol. The van der Waals surface area contributed by atoms with Crippen LogP contribution in [-0.2, 0) is 16.1 Å². The van der Waals surface area contributed by atoms with Crippen molar-refractivity contribution in [1.29, 1.82) is 0 Å². The first kappa shape index (κ1) is 17.3. The highest BCUT2D eigenvalue weighted by atomic mass is 16.6. The minimum absolute atomic E-state index is 0.0163. The van der Waals surface area contributed by atoms with Gasteiger partial charge in [-0.25, -0.2) is 4.79 Å². The molecule has 0 spiro atoms. The smallest absolute Gasteiger partial charge is 0.410 e. The molecule has 0 bridgehead atoms. The molecule has 2 rings (SSSR count). The van der Waals surface area contributed by atoms with Crippen molar-refractivity contribution in [2.45, 2.75) is 31.5 Å². The largest absolute Gasteiger partial charge is 0.445 e. The summed E-state index contributed by atoms with van der Waals surface area (Å²) in [7, 11) is 3.31. The summed E-state index contributed by atoms with van der Waals surface area (Å²) in [6.45, 7) is 0.859. The minimum Gasteiger partial charge on any atom is -0.445 e. The van der Waals surface area contributed by atoms with E-state index in [9.17, 15) is 14.7 Å². The average molecular weight is 320 g/mol. The average Bonchev–Trinajstić information content (AvgIpc) is 2.53. The number of piperidine rings is 1. The Morgan fingerprint density at radius 3 is 2.65 bits per heavy atom. The van der Waals surface area contributed by atoms with E-state index in [1.807, 2.05) is 30.3 Å². The summed E-state index contributed by atoms with van der Waals surface area (Å²) in [5, 5.41) is 10.6. The molecule has 1 aliphatic rings. The number of carbonyl (C=O) groups is 2. The van der Waals surface area contributed by atoms with E-state index in [0.717, 1.165) is 5.56 Å². The van der Waals surface area contributed by atoms with E-state index in [-0.39, 0.29) is 25.5 Å². The molecule has 0 saturated carbocycles. The van der Waals surface area contributed by atoms with E-state index in [0.29, 0.717) is 19.4 Å². The first-order valence-corrected chi connectivity index (χ1v) is 7.78. The minimum atomic E-state index is -1.18. The lowest BCUT2D eigenvalue weighted by Gasteiger charge is -2.38. The van der Waals surface area contributed by atoms with Gasteiger partial charge in [-0.05, 0) is 18.4 Å². The SMILES string of the molecule is CN(C)C(=O)CC1(O)CCCN(C(=O)OCc2ccccc2)C1. The Balaban J connectivity index is 1.89. The van der Waals surface area contributed by atoms with Crippen molar-refractivity contribution in [3.05, 3.63) is 35.9 Å². The second kappa shape index (κ2) is 7.46. The lowest BCUT2D eigenvalue weighted by molar-refractivity contribution is -0.136. The maximum Gasteiger partial charge on any atom is 0.410 e. The van der Waals surface area contributed by atoms with Crippen LogP contribution in [0.5, 0.6) is 0 Å². The normalized spacial score (nSPS) is 20.9. The van der Waals surface area contributed by atoms with Crippen LogP contribution in [0.4, 0.5) is 4.79 Å². The number of benzene rings is 1. The molecule has 126 valence electrons. The Kier molecular flexibility index (Phi) is 5.60. The van der Waals surface area contributed by atoms with Crippen LogP contribution in [0, 0.1) is 0 Å². The summed E-state index contributed by atoms with van der Waals surface area (Å²) in [4.78, 5) is 26.9. The summed E-state index contributed by atoms with van der Waals surface area (Å²) >= 11 is 0. The molecular weight excluding hydrogens is 296 g/mol. The maximum absolute atomic E-state index is 12.2. The number of likely N-dealkylation sites (tertiary alicyclic amines) is 1. The first-order valence-electron chi connectivity index (χ1n) is 7.78. The fourth-order valence-corrected chi connectivity index (χ4v) is 2.66. The standard InChI is InChI=1S/C17H24N2O4/c1-18(2)15(20)11-17(22)9-6-10-19(13-17)16(21)23-12-14-7-4-3-5-8-14/h3-5,7-8,22H,6,9-13H2,1-2H3. The van der Waals surface area contributed by atoms with Gasteiger partial charge in [-0.2, -0.15) is 0 Å². The molecule has 0 aromatic heterocycles. The molecule has 1 atom stereocenters. The van der Waals surface area contributed by atoms with Crippen LogP contribution in [0.2, 0.25) is 0 Å². The molecule has 1 aromatic carbocycles. The monoisotopic (exact) mass is 320 g/mol. The molecule has 6 heteroatoms. The maximum atomic E-state index is 12.2. The highest BCUT2D eigenvalue weighted by molar-refractivity contribution is 5.77. The van der Waals surface area contributed by atoms with Crippen LogP contribution in [-0.4, -0.2) is 59.7 Å². The van der Waals surface area contributed by atoms with E-state index in [2.05, 4.69) is 0 Å². The van der Waals surface area contributed by atoms with Gasteiger partial charge in [0.15, 0.2) is 0 Å². The van der Waals surface area contributed by atoms with Crippen LogP contribution >= 0.6 is 0 Å². The Hall–Kier alpha value is -2.08. The number of aliphatic hydroxyl groups is 1. The summed E-state index contributed by atoms with van der Waals surface area (Å²) in [6.07, 6.45) is 0.721. The number of hydrogen-bond donors (Lipinski definition) is 1. The van der Waals surface area contributed by atoms with Crippen molar-refractivity contribution in [2.24, 2.45) is 0 Å². The number of amides is 2. The van der Waals surface area contributed by atoms with Crippen LogP contribution < -0.4 is 0 Å². The number of rotatable bonds is 4. The molecule has 1 aromatic rings. The molecule has 0 radical (unpaired) electrons. The van der Waals surface area contributed by atoms with E-state index in [1.54, 1.807) is 14.1 Å². The first-order chi connectivity index (χ1) is 10.9. The van der Waals surface area contributed by atoms with Crippen LogP contribution in [0.25, 0.3) is 0 Å². The number of nitrogens with zero attached hydrogens (tertiary/aromatic N) is 2. The highest BCUT2D eigenvalue weighted by Crippen LogP contribution is 2.25. The zero-order valence-corrected chi connectivity index (χ0v) is 13.7. The molecule has 2 amide bonds. The van der Waals surface area contributed by atoms with Crippen molar-refractivity contribution in [2.75, 3.05) is 27.2 Å². The van der Waals surface area contributed by atoms with Gasteiger partial charge < -0.3 is 19.6 Å². The predicted octanol–water partition coefficient (Wildman–Crippen LogP) is 1.63. The third-order valence-corrected chi connectivity index (χ3v) is 4.00. The Morgan fingerprint density at radius 1 is 1.30 bits per heavy atom. The number of carbonyl (C=O) groups excluding carboxylic acids is 2. The van der Waals surface area contributed by atoms with Gasteiger partial charge in [0, 0.05) is 20.6 Å². The van der Waals surface area contributed by atoms with Gasteiger partial charge in [0.25, 0.3) is 0 Å². The van der Waals surface area contributed by atoms with Gasteiger partial charge in [-0.3, -0.25) is 4.79 Å². The van der Waals surface area contributed by atoms with Crippen molar-refractivity contribution < 1.29 is 19.4 Å². The molecule has 1 heterocycles. The molecule has 1 N–H and O–H groups in total. The summed E-state index contributed by atoms with van der Waals surface area (Å²) in [5.74, 6) is -0.146. The Bertz CT molecular complexity index is 547. The highest BCUT2D eigenvalue weighted by Gasteiger charge is 2.38. The van der Waals surface area contributed by atoms with E-state index in [1.165, 1.54) is 9.80 Å². The summed E-state index contributed by atoms with van der Waals surface area (Å²) < 4.78 is 5.29. The molecular formula is C17H24N2O4. The van der Waals surface area contributed by atoms with Gasteiger partial charge in [-0.15, -0.1) is 0 Å². The van der Waals surface area contributed by atoms with Crippen LogP contribution in [0.3, 0.4) is 0 Å². The molecule has 1 saturated heterocycles. The van der Waals surface area contributed by atoms with Gasteiger partial charge in [0.2, 0.25) is 5.91 Å². The molecule has 0 aliphatic carbocycles. The molecule has 6 nitrogen and oxygen atoms in total. The van der Waals surface area contributed by atoms with Gasteiger partial charge >= 0.3 is 6.09 Å². The molecule has 23 heavy (non-hydrogen) atoms. The summed E-state index contributed by atoms with van der Waals surface area (Å²) in [5.41, 5.74) is -0.262. The van der Waals surface area contributed by atoms with Crippen LogP contribution in [0.1, 0.15) is 24.8 Å². The molecule has 1 fully saturated rings. The van der Waals surface area contributed by atoms with Crippen molar-refractivity contribution in [3.8, 4) is 0 Å². The lowest BCUT2D eigenvalue weighted by atomic mass is 9.89. The Morgan fingerprint density at radius 2 is 2.00 bits per heavy atom. The second-order valence-corrected chi connectivity index (χ2v) is 6.25. The topological polar surface area (TPSA) is 70.1 Å². The zero-order valence-electron chi connectivity index (χ0n) is 13.7. The van der Waals surface area contributed by atoms with Gasteiger partial charge in [-0.1, -0.05) is 30.3 Å². The van der Waals surface area contributed by atoms with Gasteiger partial charge in [0.1, 0.15) is 6.61 Å². The third-order valence-electron chi connectivity index (χ3n) is 4.00. The number of ether oxygens (including phenoxy) is 1. The second-order valence-electron chi connectivity index (χ2n) is 6.25. The molecule has 1 aliphatic heterocycles. The van der Waals surface area contributed by atoms with Crippen molar-refractivity contribution in [3.63, 3.8) is 0 Å². The third kappa shape index (κ3) is 4.96. The summed E-state index contributed by atoms with van der Waals surface area (Å²) in [6, 6.07) is 9.44. The van der Waals surface area contributed by atoms with E-state index in [4.69, 9.17) is 4.74 Å². The van der Waals surface area contributed by atoms with Crippen molar-refractivity contribution >= 4 is 12.0 Å². The van der Waals surface area contributed by atoms with E-state index >= 15 is 0 Å². The fourth-order valence-electron chi connectivity index (χ4n) is 2.66. The van der Waals surface area contributed by atoms with Crippen LogP contribution in [0.15, 0.2) is 30.3 Å². The zero-order chi connectivity index (χ0) is 16.9. The fraction of sp³-hybridized carbons (Fsp3) is 0.529.